The number of hydrogen-bond donors (Lipinski definition) is 1. The van der Waals surface area contributed by atoms with Crippen LogP contribution < -0.4 is 5.32 Å². The van der Waals surface area contributed by atoms with Gasteiger partial charge >= 0.3 is 0 Å². The summed E-state index contributed by atoms with van der Waals surface area (Å²) in [6.07, 6.45) is 3.63. The van der Waals surface area contributed by atoms with Crippen molar-refractivity contribution in [3.63, 3.8) is 0 Å². The number of rotatable bonds is 6. The molecule has 0 bridgehead atoms. The fourth-order valence-electron chi connectivity index (χ4n) is 2.40. The molecule has 0 saturated heterocycles. The largest absolute Gasteiger partial charge is 0.380 e. The van der Waals surface area contributed by atoms with Gasteiger partial charge in [-0.1, -0.05) is 26.0 Å². The lowest BCUT2D eigenvalue weighted by Gasteiger charge is -2.22. The Bertz CT molecular complexity index is 634. The number of amides is 1. The topological polar surface area (TPSA) is 56.1 Å². The van der Waals surface area contributed by atoms with Crippen LogP contribution in [-0.4, -0.2) is 22.6 Å². The van der Waals surface area contributed by atoms with E-state index in [1.54, 1.807) is 13.3 Å². The van der Waals surface area contributed by atoms with E-state index in [0.717, 1.165) is 11.4 Å². The Kier molecular flexibility index (Phi) is 5.33. The van der Waals surface area contributed by atoms with Crippen LogP contribution in [0.3, 0.4) is 0 Å². The number of imidazole rings is 1. The van der Waals surface area contributed by atoms with E-state index in [0.29, 0.717) is 12.2 Å². The molecule has 0 spiro atoms. The highest BCUT2D eigenvalue weighted by molar-refractivity contribution is 5.94. The first kappa shape index (κ1) is 16.2. The summed E-state index contributed by atoms with van der Waals surface area (Å²) in [5.41, 5.74) is 1.61. The average Bonchev–Trinajstić information content (AvgIpc) is 2.91. The second kappa shape index (κ2) is 7.22. The molecule has 0 aliphatic carbocycles. The number of carbonyl (C=O) groups excluding carboxylic acids is 1. The predicted molar refractivity (Wildman–Crippen MR) is 85.4 cm³/mol. The average molecular weight is 301 g/mol. The number of carbonyl (C=O) groups is 1. The van der Waals surface area contributed by atoms with Gasteiger partial charge in [0.2, 0.25) is 0 Å². The number of benzene rings is 1. The van der Waals surface area contributed by atoms with E-state index in [1.165, 1.54) is 0 Å². The standard InChI is InChI=1S/C17H23N3O2/c1-12(2)15(16-18-8-9-20(16)3)19-17(21)14-7-5-6-13(10-14)11-22-4/h5-10,12,15H,11H2,1-4H3,(H,19,21). The number of nitrogens with zero attached hydrogens (tertiary/aromatic N) is 2. The summed E-state index contributed by atoms with van der Waals surface area (Å²) >= 11 is 0. The fourth-order valence-corrected chi connectivity index (χ4v) is 2.40. The van der Waals surface area contributed by atoms with Crippen LogP contribution in [0.2, 0.25) is 0 Å². The molecule has 2 aromatic rings. The summed E-state index contributed by atoms with van der Waals surface area (Å²) in [6, 6.07) is 7.35. The first-order valence-electron chi connectivity index (χ1n) is 7.39. The van der Waals surface area contributed by atoms with Crippen LogP contribution >= 0.6 is 0 Å². The molecule has 0 saturated carbocycles. The minimum Gasteiger partial charge on any atom is -0.380 e. The molecule has 0 fully saturated rings. The van der Waals surface area contributed by atoms with E-state index in [-0.39, 0.29) is 17.9 Å². The molecule has 5 heteroatoms. The Morgan fingerprint density at radius 1 is 1.41 bits per heavy atom. The van der Waals surface area contributed by atoms with Crippen molar-refractivity contribution in [3.05, 3.63) is 53.6 Å². The van der Waals surface area contributed by atoms with Crippen molar-refractivity contribution in [3.8, 4) is 0 Å². The minimum atomic E-state index is -0.126. The molecule has 1 unspecified atom stereocenters. The maximum Gasteiger partial charge on any atom is 0.251 e. The van der Waals surface area contributed by atoms with Crippen LogP contribution in [0.4, 0.5) is 0 Å². The van der Waals surface area contributed by atoms with Crippen LogP contribution in [0.1, 0.15) is 41.6 Å². The summed E-state index contributed by atoms with van der Waals surface area (Å²) in [7, 11) is 3.58. The molecule has 22 heavy (non-hydrogen) atoms. The van der Waals surface area contributed by atoms with Crippen molar-refractivity contribution in [1.82, 2.24) is 14.9 Å². The van der Waals surface area contributed by atoms with Crippen molar-refractivity contribution in [1.29, 1.82) is 0 Å². The van der Waals surface area contributed by atoms with E-state index in [4.69, 9.17) is 4.74 Å². The van der Waals surface area contributed by atoms with Crippen LogP contribution in [0.25, 0.3) is 0 Å². The molecule has 5 nitrogen and oxygen atoms in total. The third-order valence-corrected chi connectivity index (χ3v) is 3.59. The molecule has 1 aromatic heterocycles. The first-order chi connectivity index (χ1) is 10.5. The second-order valence-electron chi connectivity index (χ2n) is 5.72. The Labute approximate surface area is 131 Å². The summed E-state index contributed by atoms with van der Waals surface area (Å²) in [5, 5.41) is 3.08. The number of hydrogen-bond acceptors (Lipinski definition) is 3. The van der Waals surface area contributed by atoms with E-state index >= 15 is 0 Å². The van der Waals surface area contributed by atoms with Gasteiger partial charge < -0.3 is 14.6 Å². The van der Waals surface area contributed by atoms with Crippen molar-refractivity contribution >= 4 is 5.91 Å². The van der Waals surface area contributed by atoms with E-state index in [1.807, 2.05) is 42.1 Å². The predicted octanol–water partition coefficient (Wildman–Crippen LogP) is 2.69. The summed E-state index contributed by atoms with van der Waals surface area (Å²) in [4.78, 5) is 16.9. The Balaban J connectivity index is 2.18. The van der Waals surface area contributed by atoms with Crippen molar-refractivity contribution in [2.75, 3.05) is 7.11 Å². The zero-order chi connectivity index (χ0) is 16.1. The third-order valence-electron chi connectivity index (χ3n) is 3.59. The SMILES string of the molecule is COCc1cccc(C(=O)NC(c2nccn2C)C(C)C)c1. The number of aryl methyl sites for hydroxylation is 1. The molecule has 0 aliphatic rings. The number of ether oxygens (including phenoxy) is 1. The number of methoxy groups -OCH3 is 1. The van der Waals surface area contributed by atoms with Crippen molar-refractivity contribution in [2.24, 2.45) is 13.0 Å². The highest BCUT2D eigenvalue weighted by atomic mass is 16.5. The van der Waals surface area contributed by atoms with Gasteiger partial charge in [0.25, 0.3) is 5.91 Å². The van der Waals surface area contributed by atoms with Crippen LogP contribution in [-0.2, 0) is 18.4 Å². The third kappa shape index (κ3) is 3.74. The maximum absolute atomic E-state index is 12.5. The lowest BCUT2D eigenvalue weighted by molar-refractivity contribution is 0.0922. The van der Waals surface area contributed by atoms with Gasteiger partial charge in [-0.3, -0.25) is 4.79 Å². The fraction of sp³-hybridized carbons (Fsp3) is 0.412. The smallest absolute Gasteiger partial charge is 0.251 e. The number of nitrogens with one attached hydrogen (secondary N) is 1. The molecule has 0 radical (unpaired) electrons. The van der Waals surface area contributed by atoms with E-state index < -0.39 is 0 Å². The van der Waals surface area contributed by atoms with Gasteiger partial charge in [-0.05, 0) is 23.6 Å². The van der Waals surface area contributed by atoms with E-state index in [9.17, 15) is 4.79 Å². The van der Waals surface area contributed by atoms with Crippen LogP contribution in [0, 0.1) is 5.92 Å². The van der Waals surface area contributed by atoms with Gasteiger partial charge in [0.15, 0.2) is 0 Å². The molecule has 2 rings (SSSR count). The minimum absolute atomic E-state index is 0.0975. The quantitative estimate of drug-likeness (QED) is 0.892. The normalized spacial score (nSPS) is 12.4. The molecule has 1 atom stereocenters. The van der Waals surface area contributed by atoms with Crippen molar-refractivity contribution in [2.45, 2.75) is 26.5 Å². The molecule has 1 amide bonds. The Morgan fingerprint density at radius 3 is 2.77 bits per heavy atom. The lowest BCUT2D eigenvalue weighted by Crippen LogP contribution is -2.33. The zero-order valence-corrected chi connectivity index (χ0v) is 13.5. The van der Waals surface area contributed by atoms with Gasteiger partial charge in [-0.2, -0.15) is 0 Å². The first-order valence-corrected chi connectivity index (χ1v) is 7.39. The molecular weight excluding hydrogens is 278 g/mol. The van der Waals surface area contributed by atoms with Crippen LogP contribution in [0.15, 0.2) is 36.7 Å². The van der Waals surface area contributed by atoms with Gasteiger partial charge in [0, 0.05) is 32.1 Å². The number of aromatic nitrogens is 2. The second-order valence-corrected chi connectivity index (χ2v) is 5.72. The van der Waals surface area contributed by atoms with Gasteiger partial charge in [0.05, 0.1) is 12.6 Å². The van der Waals surface area contributed by atoms with Crippen LogP contribution in [0.5, 0.6) is 0 Å². The molecule has 1 N–H and O–H groups in total. The van der Waals surface area contributed by atoms with Gasteiger partial charge in [0.1, 0.15) is 5.82 Å². The van der Waals surface area contributed by atoms with Crippen molar-refractivity contribution < 1.29 is 9.53 Å². The van der Waals surface area contributed by atoms with Gasteiger partial charge in [-0.15, -0.1) is 0 Å². The maximum atomic E-state index is 12.5. The lowest BCUT2D eigenvalue weighted by atomic mass is 10.0. The molecule has 118 valence electrons. The molecule has 1 aromatic carbocycles. The summed E-state index contributed by atoms with van der Waals surface area (Å²) < 4.78 is 7.05. The molecular formula is C17H23N3O2. The Hall–Kier alpha value is -2.14. The zero-order valence-electron chi connectivity index (χ0n) is 13.5. The summed E-state index contributed by atoms with van der Waals surface area (Å²) in [6.45, 7) is 4.63. The Morgan fingerprint density at radius 2 is 2.18 bits per heavy atom. The highest BCUT2D eigenvalue weighted by Gasteiger charge is 2.22. The molecule has 0 aliphatic heterocycles. The monoisotopic (exact) mass is 301 g/mol. The highest BCUT2D eigenvalue weighted by Crippen LogP contribution is 2.20. The van der Waals surface area contributed by atoms with E-state index in [2.05, 4.69) is 24.1 Å². The summed E-state index contributed by atoms with van der Waals surface area (Å²) in [5.74, 6) is 1.00. The molecule has 1 heterocycles. The van der Waals surface area contributed by atoms with Gasteiger partial charge in [-0.25, -0.2) is 4.98 Å².